The summed E-state index contributed by atoms with van der Waals surface area (Å²) in [5.74, 6) is -0.905. The summed E-state index contributed by atoms with van der Waals surface area (Å²) in [5.41, 5.74) is 2.28. The van der Waals surface area contributed by atoms with E-state index < -0.39 is 12.1 Å². The van der Waals surface area contributed by atoms with E-state index in [-0.39, 0.29) is 0 Å². The first-order chi connectivity index (χ1) is 13.7. The molecule has 0 saturated carbocycles. The number of hydrogen-bond acceptors (Lipinski definition) is 4. The Morgan fingerprint density at radius 3 is 2.21 bits per heavy atom. The van der Waals surface area contributed by atoms with Crippen LogP contribution in [0, 0.1) is 0 Å². The Balaban J connectivity index is 1.38. The summed E-state index contributed by atoms with van der Waals surface area (Å²) < 4.78 is 7.75. The van der Waals surface area contributed by atoms with Gasteiger partial charge in [0.15, 0.2) is 6.10 Å². The van der Waals surface area contributed by atoms with Crippen LogP contribution in [0.5, 0.6) is 0 Å². The molecular formula is C22H23NO3S2. The van der Waals surface area contributed by atoms with Crippen LogP contribution in [-0.2, 0) is 28.9 Å². The average molecular weight is 414 g/mol. The summed E-state index contributed by atoms with van der Waals surface area (Å²) in [4.78, 5) is 14.0. The molecule has 0 radical (unpaired) electrons. The third-order valence-corrected chi connectivity index (χ3v) is 6.88. The van der Waals surface area contributed by atoms with E-state index in [1.807, 2.05) is 41.7 Å². The molecule has 146 valence electrons. The minimum atomic E-state index is -0.905. The molecule has 1 unspecified atom stereocenters. The van der Waals surface area contributed by atoms with Crippen LogP contribution in [0.1, 0.15) is 24.5 Å². The minimum absolute atomic E-state index is 0.402. The number of nitrogens with zero attached hydrogens (tertiary/aromatic N) is 1. The van der Waals surface area contributed by atoms with Crippen LogP contribution in [-0.4, -0.2) is 28.4 Å². The van der Waals surface area contributed by atoms with E-state index in [1.54, 1.807) is 0 Å². The molecule has 4 nitrogen and oxygen atoms in total. The number of aromatic nitrogens is 1. The topological polar surface area (TPSA) is 51.5 Å². The molecule has 0 aliphatic rings. The Morgan fingerprint density at radius 1 is 1.04 bits per heavy atom. The highest BCUT2D eigenvalue weighted by Crippen LogP contribution is 2.35. The molecule has 0 spiro atoms. The highest BCUT2D eigenvalue weighted by Gasteiger charge is 2.17. The molecule has 0 bridgehead atoms. The molecule has 0 aliphatic heterocycles. The molecule has 3 heterocycles. The highest BCUT2D eigenvalue weighted by molar-refractivity contribution is 7.19. The number of ether oxygens (including phenoxy) is 1. The normalized spacial score (nSPS) is 12.8. The number of hydrogen-bond donors (Lipinski definition) is 1. The number of rotatable bonds is 9. The van der Waals surface area contributed by atoms with Gasteiger partial charge in [0.1, 0.15) is 9.66 Å². The van der Waals surface area contributed by atoms with Gasteiger partial charge in [-0.05, 0) is 53.8 Å². The molecule has 1 atom stereocenters. The second-order valence-corrected chi connectivity index (χ2v) is 8.63. The predicted molar refractivity (Wildman–Crippen MR) is 117 cm³/mol. The van der Waals surface area contributed by atoms with Gasteiger partial charge in [0.05, 0.1) is 0 Å². The quantitative estimate of drug-likeness (QED) is 0.389. The van der Waals surface area contributed by atoms with Crippen molar-refractivity contribution in [1.29, 1.82) is 0 Å². The molecule has 4 aromatic rings. The summed E-state index contributed by atoms with van der Waals surface area (Å²) in [6.07, 6.45) is 1.71. The molecule has 0 amide bonds. The van der Waals surface area contributed by atoms with Crippen LogP contribution in [0.25, 0.3) is 20.4 Å². The van der Waals surface area contributed by atoms with Crippen LogP contribution in [0.15, 0.2) is 47.2 Å². The predicted octanol–water partition coefficient (Wildman–Crippen LogP) is 5.58. The van der Waals surface area contributed by atoms with Gasteiger partial charge in [-0.15, -0.1) is 22.7 Å². The Kier molecular flexibility index (Phi) is 5.80. The fourth-order valence-corrected chi connectivity index (χ4v) is 5.60. The first kappa shape index (κ1) is 19.2. The second kappa shape index (κ2) is 8.47. The molecule has 0 aliphatic carbocycles. The Hall–Kier alpha value is -2.15. The lowest BCUT2D eigenvalue weighted by Gasteiger charge is -2.12. The zero-order valence-corrected chi connectivity index (χ0v) is 17.4. The van der Waals surface area contributed by atoms with E-state index in [0.717, 1.165) is 24.9 Å². The smallest absolute Gasteiger partial charge is 0.333 e. The van der Waals surface area contributed by atoms with Crippen LogP contribution < -0.4 is 0 Å². The zero-order chi connectivity index (χ0) is 19.5. The number of benzene rings is 1. The van der Waals surface area contributed by atoms with Crippen molar-refractivity contribution in [2.24, 2.45) is 0 Å². The van der Waals surface area contributed by atoms with Gasteiger partial charge in [-0.3, -0.25) is 0 Å². The van der Waals surface area contributed by atoms with E-state index in [9.17, 15) is 9.90 Å². The molecule has 4 rings (SSSR count). The van der Waals surface area contributed by atoms with Gasteiger partial charge in [-0.25, -0.2) is 4.79 Å². The van der Waals surface area contributed by atoms with Crippen molar-refractivity contribution in [3.8, 4) is 0 Å². The Bertz CT molecular complexity index is 1030. The summed E-state index contributed by atoms with van der Waals surface area (Å²) in [7, 11) is 0. The lowest BCUT2D eigenvalue weighted by atomic mass is 10.0. The van der Waals surface area contributed by atoms with E-state index in [2.05, 4.69) is 39.6 Å². The molecule has 0 saturated heterocycles. The van der Waals surface area contributed by atoms with Crippen molar-refractivity contribution < 1.29 is 14.6 Å². The highest BCUT2D eigenvalue weighted by atomic mass is 32.1. The largest absolute Gasteiger partial charge is 0.479 e. The zero-order valence-electron chi connectivity index (χ0n) is 15.8. The molecule has 1 N–H and O–H groups in total. The molecule has 3 aromatic heterocycles. The maximum absolute atomic E-state index is 11.2. The minimum Gasteiger partial charge on any atom is -0.479 e. The first-order valence-corrected chi connectivity index (χ1v) is 11.3. The van der Waals surface area contributed by atoms with Crippen molar-refractivity contribution in [2.45, 2.75) is 38.8 Å². The van der Waals surface area contributed by atoms with Gasteiger partial charge in [0.2, 0.25) is 0 Å². The summed E-state index contributed by atoms with van der Waals surface area (Å²) >= 11 is 3.63. The van der Waals surface area contributed by atoms with Gasteiger partial charge in [-0.1, -0.05) is 24.3 Å². The van der Waals surface area contributed by atoms with Gasteiger partial charge in [0.25, 0.3) is 0 Å². The third-order valence-electron chi connectivity index (χ3n) is 5.00. The number of carboxylic acids is 1. The summed E-state index contributed by atoms with van der Waals surface area (Å²) in [6, 6.07) is 12.7. The molecular weight excluding hydrogens is 390 g/mol. The van der Waals surface area contributed by atoms with E-state index >= 15 is 0 Å². The van der Waals surface area contributed by atoms with Crippen molar-refractivity contribution >= 4 is 49.1 Å². The lowest BCUT2D eigenvalue weighted by Crippen LogP contribution is -2.26. The maximum atomic E-state index is 11.2. The van der Waals surface area contributed by atoms with Crippen molar-refractivity contribution in [3.05, 3.63) is 58.3 Å². The number of carboxylic acid groups (broad SMARTS) is 1. The number of aryl methyl sites for hydroxylation is 2. The van der Waals surface area contributed by atoms with Gasteiger partial charge in [0, 0.05) is 30.3 Å². The number of aliphatic carboxylic acids is 1. The van der Waals surface area contributed by atoms with Crippen molar-refractivity contribution in [1.82, 2.24) is 4.57 Å². The van der Waals surface area contributed by atoms with Crippen LogP contribution in [0.4, 0.5) is 0 Å². The van der Waals surface area contributed by atoms with Gasteiger partial charge < -0.3 is 14.4 Å². The van der Waals surface area contributed by atoms with Crippen LogP contribution in [0.2, 0.25) is 0 Å². The number of fused-ring (bicyclic) bond motifs is 3. The van der Waals surface area contributed by atoms with Crippen molar-refractivity contribution in [2.75, 3.05) is 6.61 Å². The van der Waals surface area contributed by atoms with E-state index in [1.165, 1.54) is 26.0 Å². The third kappa shape index (κ3) is 3.85. The Labute approximate surface area is 172 Å². The SMILES string of the molecule is CCOC(Cc1ccc(CCCn2c3sccc3c3ccsc32)cc1)C(=O)O. The van der Waals surface area contributed by atoms with Crippen molar-refractivity contribution in [3.63, 3.8) is 0 Å². The Morgan fingerprint density at radius 2 is 1.64 bits per heavy atom. The molecule has 0 fully saturated rings. The first-order valence-electron chi connectivity index (χ1n) is 9.52. The maximum Gasteiger partial charge on any atom is 0.333 e. The van der Waals surface area contributed by atoms with Crippen LogP contribution >= 0.6 is 22.7 Å². The summed E-state index contributed by atoms with van der Waals surface area (Å²) in [6.45, 7) is 3.23. The van der Waals surface area contributed by atoms with E-state index in [0.29, 0.717) is 13.0 Å². The fourth-order valence-electron chi connectivity index (χ4n) is 3.64. The standard InChI is InChI=1S/C22H23NO3S2/c1-2-26-19(22(24)25)14-16-7-5-15(6-8-16)4-3-11-23-20-17(9-12-27-20)18-10-13-28-21(18)23/h5-10,12-13,19H,2-4,11,14H2,1H3,(H,24,25). The number of thiophene rings is 2. The average Bonchev–Trinajstić information content (AvgIpc) is 3.39. The van der Waals surface area contributed by atoms with Gasteiger partial charge >= 0.3 is 5.97 Å². The molecule has 6 heteroatoms. The number of carbonyl (C=O) groups is 1. The monoisotopic (exact) mass is 413 g/mol. The van der Waals surface area contributed by atoms with Crippen LogP contribution in [0.3, 0.4) is 0 Å². The second-order valence-electron chi connectivity index (χ2n) is 6.84. The lowest BCUT2D eigenvalue weighted by molar-refractivity contribution is -0.149. The van der Waals surface area contributed by atoms with Gasteiger partial charge in [-0.2, -0.15) is 0 Å². The fraction of sp³-hybridized carbons (Fsp3) is 0.318. The summed E-state index contributed by atoms with van der Waals surface area (Å²) in [5, 5.41) is 16.3. The molecule has 1 aromatic carbocycles. The van der Waals surface area contributed by atoms with E-state index in [4.69, 9.17) is 4.74 Å². The molecule has 28 heavy (non-hydrogen) atoms.